The normalized spacial score (nSPS) is 12.1. The van der Waals surface area contributed by atoms with Gasteiger partial charge < -0.3 is 28.7 Å². The number of aryl methyl sites for hydroxylation is 1. The molecule has 10 heteroatoms. The number of amides is 1. The van der Waals surface area contributed by atoms with E-state index < -0.39 is 17.1 Å². The molecule has 1 aromatic carbocycles. The van der Waals surface area contributed by atoms with Crippen molar-refractivity contribution in [1.29, 1.82) is 0 Å². The number of hydrogen-bond acceptors (Lipinski definition) is 8. The highest BCUT2D eigenvalue weighted by Crippen LogP contribution is 2.32. The van der Waals surface area contributed by atoms with Gasteiger partial charge in [-0.25, -0.2) is 4.98 Å². The first-order valence-corrected chi connectivity index (χ1v) is 10.3. The fourth-order valence-electron chi connectivity index (χ4n) is 2.52. The van der Waals surface area contributed by atoms with Gasteiger partial charge in [0.15, 0.2) is 17.8 Å². The molecule has 9 nitrogen and oxygen atoms in total. The van der Waals surface area contributed by atoms with Crippen molar-refractivity contribution in [3.63, 3.8) is 0 Å². The summed E-state index contributed by atoms with van der Waals surface area (Å²) < 4.78 is 38.6. The summed E-state index contributed by atoms with van der Waals surface area (Å²) in [6.07, 6.45) is -0.547. The van der Waals surface area contributed by atoms with Crippen molar-refractivity contribution in [2.75, 3.05) is 40.7 Å². The molecular weight excluding hydrogens is 400 g/mol. The number of methoxy groups -OCH3 is 4. The highest BCUT2D eigenvalue weighted by Gasteiger charge is 2.18. The predicted molar refractivity (Wildman–Crippen MR) is 107 cm³/mol. The van der Waals surface area contributed by atoms with Crippen LogP contribution in [0.3, 0.4) is 0 Å². The molecule has 0 radical (unpaired) electrons. The minimum atomic E-state index is -1.44. The summed E-state index contributed by atoms with van der Waals surface area (Å²) >= 11 is 0. The number of rotatable bonds is 11. The van der Waals surface area contributed by atoms with Crippen LogP contribution in [0.4, 0.5) is 0 Å². The smallest absolute Gasteiger partial charge is 0.232 e. The molecule has 2 aromatic rings. The van der Waals surface area contributed by atoms with E-state index in [2.05, 4.69) is 10.3 Å². The molecular formula is C19H26N2O7S. The van der Waals surface area contributed by atoms with Crippen LogP contribution in [-0.2, 0) is 30.8 Å². The van der Waals surface area contributed by atoms with Crippen molar-refractivity contribution in [3.05, 3.63) is 29.7 Å². The van der Waals surface area contributed by atoms with E-state index in [9.17, 15) is 9.00 Å². The fraction of sp³-hybridized carbons (Fsp3) is 0.474. The number of ether oxygens (including phenoxy) is 4. The van der Waals surface area contributed by atoms with Crippen molar-refractivity contribution in [2.45, 2.75) is 19.0 Å². The summed E-state index contributed by atoms with van der Waals surface area (Å²) in [7, 11) is 4.60. The highest BCUT2D eigenvalue weighted by atomic mass is 32.2. The summed E-state index contributed by atoms with van der Waals surface area (Å²) in [6.45, 7) is 1.92. The average molecular weight is 426 g/mol. The number of oxazole rings is 1. The van der Waals surface area contributed by atoms with E-state index in [0.29, 0.717) is 34.4 Å². The molecule has 29 heavy (non-hydrogen) atoms. The quantitative estimate of drug-likeness (QED) is 0.540. The first-order chi connectivity index (χ1) is 13.9. The Labute approximate surface area is 172 Å². The van der Waals surface area contributed by atoms with Crippen LogP contribution in [0.2, 0.25) is 0 Å². The maximum atomic E-state index is 12.4. The van der Waals surface area contributed by atoms with E-state index >= 15 is 0 Å². The van der Waals surface area contributed by atoms with E-state index in [0.717, 1.165) is 0 Å². The SMILES string of the molecule is COc1ccc(-c2nc(CS(=O)CC(=O)NCC(OC)OC)c(C)o2)cc1OC. The Balaban J connectivity index is 2.01. The van der Waals surface area contributed by atoms with Gasteiger partial charge in [-0.1, -0.05) is 0 Å². The number of nitrogens with zero attached hydrogens (tertiary/aromatic N) is 1. The third kappa shape index (κ3) is 6.28. The molecule has 0 aliphatic rings. The highest BCUT2D eigenvalue weighted by molar-refractivity contribution is 7.84. The lowest BCUT2D eigenvalue weighted by Crippen LogP contribution is -2.36. The second kappa shape index (κ2) is 10.9. The van der Waals surface area contributed by atoms with Crippen molar-refractivity contribution in [1.82, 2.24) is 10.3 Å². The molecule has 1 amide bonds. The molecule has 0 aliphatic heterocycles. The Morgan fingerprint density at radius 1 is 1.17 bits per heavy atom. The van der Waals surface area contributed by atoms with Crippen molar-refractivity contribution < 1.29 is 32.4 Å². The molecule has 1 atom stereocenters. The lowest BCUT2D eigenvalue weighted by atomic mass is 10.2. The lowest BCUT2D eigenvalue weighted by molar-refractivity contribution is -0.125. The van der Waals surface area contributed by atoms with Gasteiger partial charge in [-0.3, -0.25) is 9.00 Å². The van der Waals surface area contributed by atoms with Gasteiger partial charge in [0.2, 0.25) is 11.8 Å². The summed E-state index contributed by atoms with van der Waals surface area (Å²) in [5.74, 6) is 1.66. The second-order valence-electron chi connectivity index (χ2n) is 6.03. The minimum Gasteiger partial charge on any atom is -0.493 e. The van der Waals surface area contributed by atoms with Gasteiger partial charge in [-0.2, -0.15) is 0 Å². The van der Waals surface area contributed by atoms with Crippen LogP contribution in [0.15, 0.2) is 22.6 Å². The molecule has 160 valence electrons. The Kier molecular flexibility index (Phi) is 8.62. The van der Waals surface area contributed by atoms with Crippen LogP contribution >= 0.6 is 0 Å². The van der Waals surface area contributed by atoms with Crippen LogP contribution in [0.25, 0.3) is 11.5 Å². The Morgan fingerprint density at radius 3 is 2.48 bits per heavy atom. The molecule has 0 saturated heterocycles. The summed E-state index contributed by atoms with van der Waals surface area (Å²) in [5.41, 5.74) is 1.23. The van der Waals surface area contributed by atoms with E-state index in [1.165, 1.54) is 14.2 Å². The largest absolute Gasteiger partial charge is 0.493 e. The van der Waals surface area contributed by atoms with Gasteiger partial charge in [0.1, 0.15) is 11.5 Å². The third-order valence-corrected chi connectivity index (χ3v) is 5.28. The van der Waals surface area contributed by atoms with Gasteiger partial charge in [0.25, 0.3) is 0 Å². The van der Waals surface area contributed by atoms with E-state index in [4.69, 9.17) is 23.4 Å². The molecule has 0 fully saturated rings. The molecule has 1 heterocycles. The zero-order valence-electron chi connectivity index (χ0n) is 17.1. The first kappa shape index (κ1) is 22.9. The maximum Gasteiger partial charge on any atom is 0.232 e. The maximum absolute atomic E-state index is 12.4. The number of carbonyl (C=O) groups is 1. The van der Waals surface area contributed by atoms with Crippen LogP contribution < -0.4 is 14.8 Å². The zero-order chi connectivity index (χ0) is 21.4. The standard InChI is InChI=1S/C19H26N2O7S/c1-12-14(10-29(23)11-17(22)20-9-18(26-4)27-5)21-19(28-12)13-6-7-15(24-2)16(8-13)25-3/h6-8,18H,9-11H2,1-5H3,(H,20,22). The lowest BCUT2D eigenvalue weighted by Gasteiger charge is -2.13. The van der Waals surface area contributed by atoms with Gasteiger partial charge in [0.05, 0.1) is 32.2 Å². The van der Waals surface area contributed by atoms with Crippen LogP contribution in [0.1, 0.15) is 11.5 Å². The van der Waals surface area contributed by atoms with Crippen molar-refractivity contribution in [2.24, 2.45) is 0 Å². The topological polar surface area (TPSA) is 109 Å². The Hall–Kier alpha value is -2.43. The van der Waals surface area contributed by atoms with Gasteiger partial charge in [-0.15, -0.1) is 0 Å². The van der Waals surface area contributed by atoms with Crippen LogP contribution in [-0.4, -0.2) is 62.1 Å². The van der Waals surface area contributed by atoms with E-state index in [-0.39, 0.29) is 24.0 Å². The second-order valence-corrected chi connectivity index (χ2v) is 7.48. The van der Waals surface area contributed by atoms with Crippen LogP contribution in [0, 0.1) is 6.92 Å². The predicted octanol–water partition coefficient (Wildman–Crippen LogP) is 1.65. The van der Waals surface area contributed by atoms with Gasteiger partial charge in [0, 0.05) is 30.6 Å². The van der Waals surface area contributed by atoms with E-state index in [1.807, 2.05) is 0 Å². The molecule has 1 N–H and O–H groups in total. The summed E-state index contributed by atoms with van der Waals surface area (Å²) in [6, 6.07) is 5.30. The molecule has 1 aromatic heterocycles. The Morgan fingerprint density at radius 2 is 1.86 bits per heavy atom. The average Bonchev–Trinajstić information content (AvgIpc) is 3.08. The molecule has 2 rings (SSSR count). The van der Waals surface area contributed by atoms with Gasteiger partial charge in [-0.05, 0) is 25.1 Å². The van der Waals surface area contributed by atoms with Gasteiger partial charge >= 0.3 is 0 Å². The van der Waals surface area contributed by atoms with Crippen LogP contribution in [0.5, 0.6) is 11.5 Å². The zero-order valence-corrected chi connectivity index (χ0v) is 18.0. The third-order valence-electron chi connectivity index (χ3n) is 4.10. The summed E-state index contributed by atoms with van der Waals surface area (Å²) in [5, 5.41) is 2.62. The molecule has 1 unspecified atom stereocenters. The van der Waals surface area contributed by atoms with E-state index in [1.54, 1.807) is 39.3 Å². The van der Waals surface area contributed by atoms with Crippen molar-refractivity contribution in [3.8, 4) is 23.0 Å². The molecule has 0 bridgehead atoms. The number of benzene rings is 1. The number of aromatic nitrogens is 1. The molecule has 0 spiro atoms. The Bertz CT molecular complexity index is 849. The summed E-state index contributed by atoms with van der Waals surface area (Å²) in [4.78, 5) is 16.4. The minimum absolute atomic E-state index is 0.105. The van der Waals surface area contributed by atoms with Crippen molar-refractivity contribution >= 4 is 16.7 Å². The monoisotopic (exact) mass is 426 g/mol. The molecule has 0 aliphatic carbocycles. The fourth-order valence-corrected chi connectivity index (χ4v) is 3.58. The number of nitrogens with one attached hydrogen (secondary N) is 1. The number of carbonyl (C=O) groups excluding carboxylic acids is 1. The molecule has 0 saturated carbocycles. The first-order valence-electron chi connectivity index (χ1n) is 8.77. The number of hydrogen-bond donors (Lipinski definition) is 1.